The Bertz CT molecular complexity index is 528. The number of rotatable bonds is 4. The molecule has 2 N–H and O–H groups in total. The highest BCUT2D eigenvalue weighted by Crippen LogP contribution is 2.32. The lowest BCUT2D eigenvalue weighted by molar-refractivity contribution is 0.930. The molecule has 2 rings (SSSR count). The van der Waals surface area contributed by atoms with Crippen LogP contribution < -0.4 is 5.73 Å². The molecule has 0 aliphatic heterocycles. The summed E-state index contributed by atoms with van der Waals surface area (Å²) in [4.78, 5) is 9.63. The van der Waals surface area contributed by atoms with Gasteiger partial charge in [0.1, 0.15) is 0 Å². The molecule has 0 radical (unpaired) electrons. The van der Waals surface area contributed by atoms with Crippen LogP contribution in [0.5, 0.6) is 0 Å². The summed E-state index contributed by atoms with van der Waals surface area (Å²) in [6.07, 6.45) is 4.37. The fourth-order valence-corrected chi connectivity index (χ4v) is 2.77. The van der Waals surface area contributed by atoms with Crippen LogP contribution in [-0.4, -0.2) is 16.5 Å². The molecule has 0 atom stereocenters. The molecule has 1 aromatic heterocycles. The first kappa shape index (κ1) is 13.3. The van der Waals surface area contributed by atoms with Crippen molar-refractivity contribution in [2.75, 3.05) is 6.54 Å². The van der Waals surface area contributed by atoms with Gasteiger partial charge >= 0.3 is 0 Å². The van der Waals surface area contributed by atoms with E-state index in [0.717, 1.165) is 32.6 Å². The van der Waals surface area contributed by atoms with Gasteiger partial charge in [-0.15, -0.1) is 0 Å². The molecule has 18 heavy (non-hydrogen) atoms. The van der Waals surface area contributed by atoms with Gasteiger partial charge in [0.25, 0.3) is 0 Å². The molecule has 1 heterocycles. The summed E-state index contributed by atoms with van der Waals surface area (Å²) in [5.41, 5.74) is 7.73. The van der Waals surface area contributed by atoms with Gasteiger partial charge in [0.2, 0.25) is 0 Å². The highest BCUT2D eigenvalue weighted by molar-refractivity contribution is 7.99. The number of benzene rings is 1. The molecule has 0 saturated carbocycles. The Labute approximate surface area is 116 Å². The molecule has 0 aliphatic rings. The monoisotopic (exact) mass is 279 g/mol. The number of hydrogen-bond acceptors (Lipinski definition) is 4. The SMILES string of the molecule is Cc1cnc(Sc2cccc(Cl)c2CCN)nc1. The van der Waals surface area contributed by atoms with E-state index in [2.05, 4.69) is 9.97 Å². The van der Waals surface area contributed by atoms with Crippen molar-refractivity contribution in [3.05, 3.63) is 46.7 Å². The van der Waals surface area contributed by atoms with Crippen LogP contribution >= 0.6 is 23.4 Å². The van der Waals surface area contributed by atoms with Crippen LogP contribution in [0.15, 0.2) is 40.6 Å². The first-order valence-electron chi connectivity index (χ1n) is 5.64. The van der Waals surface area contributed by atoms with Crippen molar-refractivity contribution in [1.82, 2.24) is 9.97 Å². The molecule has 0 unspecified atom stereocenters. The molecule has 0 fully saturated rings. The fourth-order valence-electron chi connectivity index (χ4n) is 1.55. The zero-order valence-electron chi connectivity index (χ0n) is 10.1. The molecule has 0 bridgehead atoms. The van der Waals surface area contributed by atoms with E-state index < -0.39 is 0 Å². The lowest BCUT2D eigenvalue weighted by Crippen LogP contribution is -2.04. The van der Waals surface area contributed by atoms with Crippen LogP contribution in [0, 0.1) is 6.92 Å². The zero-order valence-corrected chi connectivity index (χ0v) is 11.6. The molecule has 0 saturated heterocycles. The van der Waals surface area contributed by atoms with Gasteiger partial charge in [-0.25, -0.2) is 9.97 Å². The van der Waals surface area contributed by atoms with E-state index in [1.165, 1.54) is 11.8 Å². The molecule has 2 aromatic rings. The third-order valence-corrected chi connectivity index (χ3v) is 3.78. The summed E-state index contributed by atoms with van der Waals surface area (Å²) < 4.78 is 0. The minimum Gasteiger partial charge on any atom is -0.330 e. The van der Waals surface area contributed by atoms with Crippen molar-refractivity contribution in [3.63, 3.8) is 0 Å². The van der Waals surface area contributed by atoms with Crippen LogP contribution in [-0.2, 0) is 6.42 Å². The summed E-state index contributed by atoms with van der Waals surface area (Å²) in [7, 11) is 0. The van der Waals surface area contributed by atoms with Crippen molar-refractivity contribution < 1.29 is 0 Å². The minimum absolute atomic E-state index is 0.575. The van der Waals surface area contributed by atoms with Gasteiger partial charge in [0.05, 0.1) is 0 Å². The maximum absolute atomic E-state index is 6.19. The first-order valence-corrected chi connectivity index (χ1v) is 6.84. The van der Waals surface area contributed by atoms with Gasteiger partial charge in [-0.3, -0.25) is 0 Å². The first-order chi connectivity index (χ1) is 8.70. The van der Waals surface area contributed by atoms with E-state index in [4.69, 9.17) is 17.3 Å². The molecule has 0 amide bonds. The van der Waals surface area contributed by atoms with Crippen molar-refractivity contribution in [3.8, 4) is 0 Å². The fraction of sp³-hybridized carbons (Fsp3) is 0.231. The summed E-state index contributed by atoms with van der Waals surface area (Å²) in [5.74, 6) is 0. The zero-order chi connectivity index (χ0) is 13.0. The number of aryl methyl sites for hydroxylation is 1. The van der Waals surface area contributed by atoms with E-state index >= 15 is 0 Å². The summed E-state index contributed by atoms with van der Waals surface area (Å²) in [5, 5.41) is 1.47. The minimum atomic E-state index is 0.575. The largest absolute Gasteiger partial charge is 0.330 e. The average Bonchev–Trinajstić information content (AvgIpc) is 2.36. The smallest absolute Gasteiger partial charge is 0.192 e. The lowest BCUT2D eigenvalue weighted by atomic mass is 10.1. The Balaban J connectivity index is 2.28. The Morgan fingerprint density at radius 1 is 1.28 bits per heavy atom. The van der Waals surface area contributed by atoms with Crippen LogP contribution in [0.1, 0.15) is 11.1 Å². The number of aromatic nitrogens is 2. The molecular formula is C13H14ClN3S. The second kappa shape index (κ2) is 6.18. The Morgan fingerprint density at radius 2 is 2.00 bits per heavy atom. The molecule has 5 heteroatoms. The van der Waals surface area contributed by atoms with E-state index in [-0.39, 0.29) is 0 Å². The van der Waals surface area contributed by atoms with Gasteiger partial charge in [-0.1, -0.05) is 17.7 Å². The third-order valence-electron chi connectivity index (χ3n) is 2.43. The van der Waals surface area contributed by atoms with Crippen molar-refractivity contribution in [2.45, 2.75) is 23.4 Å². The average molecular weight is 280 g/mol. The molecule has 1 aromatic carbocycles. The molecule has 0 spiro atoms. The molecule has 94 valence electrons. The second-order valence-electron chi connectivity index (χ2n) is 3.90. The van der Waals surface area contributed by atoms with E-state index in [1.54, 1.807) is 0 Å². The maximum Gasteiger partial charge on any atom is 0.192 e. The number of hydrogen-bond donors (Lipinski definition) is 1. The number of halogens is 1. The highest BCUT2D eigenvalue weighted by atomic mass is 35.5. The van der Waals surface area contributed by atoms with Gasteiger partial charge in [0, 0.05) is 22.3 Å². The van der Waals surface area contributed by atoms with Crippen molar-refractivity contribution in [2.24, 2.45) is 5.73 Å². The Morgan fingerprint density at radius 3 is 2.67 bits per heavy atom. The standard InChI is InChI=1S/C13H14ClN3S/c1-9-7-16-13(17-8-9)18-12-4-2-3-11(14)10(12)5-6-15/h2-4,7-8H,5-6,15H2,1H3. The molecule has 3 nitrogen and oxygen atoms in total. The normalized spacial score (nSPS) is 10.6. The number of nitrogens with two attached hydrogens (primary N) is 1. The van der Waals surface area contributed by atoms with Gasteiger partial charge < -0.3 is 5.73 Å². The number of nitrogens with zero attached hydrogens (tertiary/aromatic N) is 2. The van der Waals surface area contributed by atoms with Crippen molar-refractivity contribution >= 4 is 23.4 Å². The van der Waals surface area contributed by atoms with Gasteiger partial charge in [0.15, 0.2) is 5.16 Å². The molecular weight excluding hydrogens is 266 g/mol. The van der Waals surface area contributed by atoms with Gasteiger partial charge in [-0.05, 0) is 54.9 Å². The molecule has 0 aliphatic carbocycles. The Kier molecular flexibility index (Phi) is 4.58. The third kappa shape index (κ3) is 3.22. The van der Waals surface area contributed by atoms with E-state index in [1.807, 2.05) is 37.5 Å². The van der Waals surface area contributed by atoms with Crippen LogP contribution in [0.4, 0.5) is 0 Å². The van der Waals surface area contributed by atoms with Crippen LogP contribution in [0.3, 0.4) is 0 Å². The quantitative estimate of drug-likeness (QED) is 0.874. The van der Waals surface area contributed by atoms with Crippen molar-refractivity contribution in [1.29, 1.82) is 0 Å². The highest BCUT2D eigenvalue weighted by Gasteiger charge is 2.09. The lowest BCUT2D eigenvalue weighted by Gasteiger charge is -2.09. The second-order valence-corrected chi connectivity index (χ2v) is 5.32. The summed E-state index contributed by atoms with van der Waals surface area (Å²) in [6.45, 7) is 2.54. The predicted molar refractivity (Wildman–Crippen MR) is 75.1 cm³/mol. The summed E-state index contributed by atoms with van der Waals surface area (Å²) in [6, 6.07) is 5.83. The van der Waals surface area contributed by atoms with E-state index in [0.29, 0.717) is 6.54 Å². The van der Waals surface area contributed by atoms with Crippen LogP contribution in [0.2, 0.25) is 5.02 Å². The Hall–Kier alpha value is -1.10. The predicted octanol–water partition coefficient (Wildman–Crippen LogP) is 3.09. The summed E-state index contributed by atoms with van der Waals surface area (Å²) >= 11 is 7.70. The van der Waals surface area contributed by atoms with Gasteiger partial charge in [-0.2, -0.15) is 0 Å². The van der Waals surface area contributed by atoms with E-state index in [9.17, 15) is 0 Å². The maximum atomic E-state index is 6.19. The topological polar surface area (TPSA) is 51.8 Å². The van der Waals surface area contributed by atoms with Crippen LogP contribution in [0.25, 0.3) is 0 Å².